The van der Waals surface area contributed by atoms with Crippen molar-refractivity contribution in [2.75, 3.05) is 5.32 Å². The fourth-order valence-corrected chi connectivity index (χ4v) is 2.73. The molecule has 0 saturated heterocycles. The molecule has 0 unspecified atom stereocenters. The Bertz CT molecular complexity index is 891. The zero-order valence-corrected chi connectivity index (χ0v) is 14.4. The first-order valence-electron chi connectivity index (χ1n) is 8.22. The van der Waals surface area contributed by atoms with E-state index < -0.39 is 5.91 Å². The summed E-state index contributed by atoms with van der Waals surface area (Å²) in [5, 5.41) is 3.45. The summed E-state index contributed by atoms with van der Waals surface area (Å²) >= 11 is 0. The molecule has 4 heteroatoms. The van der Waals surface area contributed by atoms with Gasteiger partial charge in [-0.3, -0.25) is 9.78 Å². The average Bonchev–Trinajstić information content (AvgIpc) is 2.64. The number of nitrogens with one attached hydrogen (secondary N) is 1. The van der Waals surface area contributed by atoms with Crippen LogP contribution in [-0.4, -0.2) is 10.9 Å². The molecule has 1 aromatic heterocycles. The second-order valence-corrected chi connectivity index (χ2v) is 6.13. The van der Waals surface area contributed by atoms with Crippen molar-refractivity contribution in [3.05, 3.63) is 83.7 Å². The summed E-state index contributed by atoms with van der Waals surface area (Å²) in [5.41, 5.74) is 11.1. The number of benzene rings is 2. The van der Waals surface area contributed by atoms with Gasteiger partial charge in [0.1, 0.15) is 0 Å². The third kappa shape index (κ3) is 3.86. The van der Waals surface area contributed by atoms with Gasteiger partial charge in [-0.25, -0.2) is 0 Å². The van der Waals surface area contributed by atoms with Gasteiger partial charge < -0.3 is 11.1 Å². The van der Waals surface area contributed by atoms with Crippen molar-refractivity contribution in [3.63, 3.8) is 0 Å². The molecule has 25 heavy (non-hydrogen) atoms. The van der Waals surface area contributed by atoms with Crippen LogP contribution in [0.2, 0.25) is 0 Å². The van der Waals surface area contributed by atoms with Crippen molar-refractivity contribution in [2.45, 2.75) is 19.9 Å². The highest BCUT2D eigenvalue weighted by molar-refractivity contribution is 5.94. The third-order valence-corrected chi connectivity index (χ3v) is 4.26. The first-order valence-corrected chi connectivity index (χ1v) is 8.22. The van der Waals surface area contributed by atoms with E-state index in [1.54, 1.807) is 12.1 Å². The second-order valence-electron chi connectivity index (χ2n) is 6.13. The maximum Gasteiger partial charge on any atom is 0.248 e. The highest BCUT2D eigenvalue weighted by Crippen LogP contribution is 2.26. The number of primary amides is 1. The summed E-state index contributed by atoms with van der Waals surface area (Å²) < 4.78 is 0. The molecule has 0 bridgehead atoms. The van der Waals surface area contributed by atoms with Crippen LogP contribution in [0.3, 0.4) is 0 Å². The van der Waals surface area contributed by atoms with Crippen molar-refractivity contribution in [1.29, 1.82) is 0 Å². The molecule has 1 amide bonds. The lowest BCUT2D eigenvalue weighted by atomic mass is 10.0. The van der Waals surface area contributed by atoms with E-state index in [-0.39, 0.29) is 6.04 Å². The van der Waals surface area contributed by atoms with Crippen LogP contribution in [0.25, 0.3) is 11.1 Å². The van der Waals surface area contributed by atoms with Crippen LogP contribution in [0.1, 0.15) is 34.5 Å². The summed E-state index contributed by atoms with van der Waals surface area (Å²) in [6.07, 6.45) is 3.72. The number of hydrogen-bond acceptors (Lipinski definition) is 3. The molecule has 0 aliphatic rings. The van der Waals surface area contributed by atoms with E-state index in [1.165, 1.54) is 0 Å². The van der Waals surface area contributed by atoms with Crippen molar-refractivity contribution < 1.29 is 4.79 Å². The van der Waals surface area contributed by atoms with Crippen LogP contribution in [0.15, 0.2) is 67.0 Å². The third-order valence-electron chi connectivity index (χ3n) is 4.26. The number of amides is 1. The Kier molecular flexibility index (Phi) is 4.80. The molecule has 0 fully saturated rings. The number of nitrogens with two attached hydrogens (primary N) is 1. The van der Waals surface area contributed by atoms with Crippen molar-refractivity contribution in [1.82, 2.24) is 4.98 Å². The van der Waals surface area contributed by atoms with Crippen molar-refractivity contribution >= 4 is 11.6 Å². The predicted molar refractivity (Wildman–Crippen MR) is 101 cm³/mol. The molecule has 0 spiro atoms. The lowest BCUT2D eigenvalue weighted by molar-refractivity contribution is 0.100. The molecule has 3 rings (SSSR count). The Morgan fingerprint density at radius 2 is 1.80 bits per heavy atom. The van der Waals surface area contributed by atoms with Gasteiger partial charge in [-0.2, -0.15) is 0 Å². The highest BCUT2D eigenvalue weighted by atomic mass is 16.1. The van der Waals surface area contributed by atoms with Crippen molar-refractivity contribution in [3.8, 4) is 11.1 Å². The first kappa shape index (κ1) is 16.7. The van der Waals surface area contributed by atoms with E-state index in [2.05, 4.69) is 35.4 Å². The molecule has 4 nitrogen and oxygen atoms in total. The summed E-state index contributed by atoms with van der Waals surface area (Å²) in [5.74, 6) is -0.427. The monoisotopic (exact) mass is 331 g/mol. The van der Waals surface area contributed by atoms with E-state index in [9.17, 15) is 4.79 Å². The molecule has 1 heterocycles. The van der Waals surface area contributed by atoms with E-state index >= 15 is 0 Å². The molecule has 3 N–H and O–H groups in total. The molecule has 0 saturated carbocycles. The molecule has 0 aliphatic carbocycles. The number of aromatic nitrogens is 1. The minimum absolute atomic E-state index is 0.0398. The van der Waals surface area contributed by atoms with Gasteiger partial charge in [-0.1, -0.05) is 36.4 Å². The lowest BCUT2D eigenvalue weighted by Gasteiger charge is -2.18. The quantitative estimate of drug-likeness (QED) is 0.731. The zero-order valence-electron chi connectivity index (χ0n) is 14.4. The number of anilines is 1. The average molecular weight is 331 g/mol. The molecule has 126 valence electrons. The minimum Gasteiger partial charge on any atom is -0.378 e. The number of carbonyl (C=O) groups excluding carboxylic acids is 1. The second kappa shape index (κ2) is 7.18. The van der Waals surface area contributed by atoms with Gasteiger partial charge in [0.15, 0.2) is 0 Å². The predicted octanol–water partition coefficient (Wildman–Crippen LogP) is 4.33. The van der Waals surface area contributed by atoms with Crippen LogP contribution in [0.5, 0.6) is 0 Å². The van der Waals surface area contributed by atoms with Crippen LogP contribution in [0.4, 0.5) is 5.69 Å². The Morgan fingerprint density at radius 3 is 2.52 bits per heavy atom. The Morgan fingerprint density at radius 1 is 1.04 bits per heavy atom. The number of aryl methyl sites for hydroxylation is 1. The van der Waals surface area contributed by atoms with Crippen LogP contribution in [-0.2, 0) is 0 Å². The van der Waals surface area contributed by atoms with Gasteiger partial charge in [0.25, 0.3) is 0 Å². The minimum atomic E-state index is -0.427. The Balaban J connectivity index is 1.86. The molecule has 1 atom stereocenters. The van der Waals surface area contributed by atoms with E-state index in [0.717, 1.165) is 27.9 Å². The summed E-state index contributed by atoms with van der Waals surface area (Å²) in [4.78, 5) is 15.8. The molecular formula is C21H21N3O. The maximum atomic E-state index is 11.4. The van der Waals surface area contributed by atoms with Gasteiger partial charge in [-0.05, 0) is 48.7 Å². The molecular weight excluding hydrogens is 310 g/mol. The van der Waals surface area contributed by atoms with Gasteiger partial charge in [0.2, 0.25) is 5.91 Å². The number of rotatable bonds is 5. The lowest BCUT2D eigenvalue weighted by Crippen LogP contribution is -2.13. The van der Waals surface area contributed by atoms with Crippen molar-refractivity contribution in [2.24, 2.45) is 5.73 Å². The van der Waals surface area contributed by atoms with Gasteiger partial charge in [-0.15, -0.1) is 0 Å². The molecule has 0 radical (unpaired) electrons. The SMILES string of the molecule is Cc1ccc(C(N)=O)cc1N[C@@H](C)c1cncc(-c2ccccc2)c1. The normalized spacial score (nSPS) is 11.8. The molecule has 0 aliphatic heterocycles. The van der Waals surface area contributed by atoms with Gasteiger partial charge in [0, 0.05) is 29.2 Å². The summed E-state index contributed by atoms with van der Waals surface area (Å²) in [7, 11) is 0. The standard InChI is InChI=1S/C21H21N3O/c1-14-8-9-17(21(22)25)11-20(14)24-15(2)18-10-19(13-23-12-18)16-6-4-3-5-7-16/h3-13,15,24H,1-2H3,(H2,22,25)/t15-/m0/s1. The Labute approximate surface area is 147 Å². The number of pyridine rings is 1. The molecule has 2 aromatic carbocycles. The zero-order chi connectivity index (χ0) is 17.8. The van der Waals surface area contributed by atoms with Crippen LogP contribution < -0.4 is 11.1 Å². The smallest absolute Gasteiger partial charge is 0.248 e. The van der Waals surface area contributed by atoms with Gasteiger partial charge >= 0.3 is 0 Å². The largest absolute Gasteiger partial charge is 0.378 e. The Hall–Kier alpha value is -3.14. The van der Waals surface area contributed by atoms with Gasteiger partial charge in [0.05, 0.1) is 6.04 Å². The van der Waals surface area contributed by atoms with Crippen LogP contribution >= 0.6 is 0 Å². The summed E-state index contributed by atoms with van der Waals surface area (Å²) in [6.45, 7) is 4.07. The van der Waals surface area contributed by atoms with E-state index in [4.69, 9.17) is 5.73 Å². The maximum absolute atomic E-state index is 11.4. The number of hydrogen-bond donors (Lipinski definition) is 2. The van der Waals surface area contributed by atoms with Crippen LogP contribution in [0, 0.1) is 6.92 Å². The van der Waals surface area contributed by atoms with E-state index in [0.29, 0.717) is 5.56 Å². The summed E-state index contributed by atoms with van der Waals surface area (Å²) in [6, 6.07) is 17.8. The fraction of sp³-hybridized carbons (Fsp3) is 0.143. The highest BCUT2D eigenvalue weighted by Gasteiger charge is 2.11. The number of carbonyl (C=O) groups is 1. The molecule has 3 aromatic rings. The van der Waals surface area contributed by atoms with E-state index in [1.807, 2.05) is 43.6 Å². The number of nitrogens with zero attached hydrogens (tertiary/aromatic N) is 1. The topological polar surface area (TPSA) is 68.0 Å². The fourth-order valence-electron chi connectivity index (χ4n) is 2.73. The first-order chi connectivity index (χ1) is 12.0.